The number of para-hydroxylation sites is 5. The van der Waals surface area contributed by atoms with Crippen molar-refractivity contribution in [2.45, 2.75) is 128 Å². The van der Waals surface area contributed by atoms with Crippen molar-refractivity contribution in [3.8, 4) is 0 Å². The Labute approximate surface area is 598 Å². The fourth-order valence-electron chi connectivity index (χ4n) is 7.77. The molecule has 2 atom stereocenters. The van der Waals surface area contributed by atoms with E-state index in [1.807, 2.05) is 168 Å². The number of nitrogens with zero attached hydrogens (tertiary/aromatic N) is 10. The number of hydrogen-bond donors (Lipinski definition) is 5. The van der Waals surface area contributed by atoms with Crippen molar-refractivity contribution in [1.29, 1.82) is 0 Å². The summed E-state index contributed by atoms with van der Waals surface area (Å²) in [6.07, 6.45) is 10.1. The molecule has 10 rings (SSSR count). The molecule has 2 aliphatic rings. The Hall–Kier alpha value is -7.08. The summed E-state index contributed by atoms with van der Waals surface area (Å²) < 4.78 is 50.6. The topological polar surface area (TPSA) is 312 Å². The number of aryl methyl sites for hydroxylation is 1. The molecule has 533 valence electrons. The Kier molecular flexibility index (Phi) is 54.2. The number of anilines is 2. The van der Waals surface area contributed by atoms with E-state index in [2.05, 4.69) is 112 Å². The van der Waals surface area contributed by atoms with Gasteiger partial charge in [0.15, 0.2) is 6.29 Å². The number of benzene rings is 5. The van der Waals surface area contributed by atoms with E-state index in [4.69, 9.17) is 11.5 Å². The fourth-order valence-corrected chi connectivity index (χ4v) is 9.67. The maximum atomic E-state index is 11.6. The number of halogens is 2. The molecule has 97 heavy (non-hydrogen) atoms. The first-order valence-electron chi connectivity index (χ1n) is 32.2. The van der Waals surface area contributed by atoms with Crippen molar-refractivity contribution in [2.75, 3.05) is 75.9 Å². The van der Waals surface area contributed by atoms with E-state index < -0.39 is 26.0 Å². The average Bonchev–Trinajstić information content (AvgIpc) is 0.844. The molecule has 28 heteroatoms. The number of thiol groups is 1. The number of alkyl halides is 1. The van der Waals surface area contributed by atoms with Gasteiger partial charge in [-0.15, -0.1) is 0 Å². The number of carbonyl (C=O) groups excluding carboxylic acids is 4. The van der Waals surface area contributed by atoms with Crippen molar-refractivity contribution in [3.63, 3.8) is 0 Å². The number of piperazine rings is 2. The summed E-state index contributed by atoms with van der Waals surface area (Å²) in [4.78, 5) is 70.2. The van der Waals surface area contributed by atoms with E-state index in [0.717, 1.165) is 76.0 Å². The first-order valence-corrected chi connectivity index (χ1v) is 37.6. The number of aromatic nitrogens is 6. The molecule has 5 aromatic carbocycles. The van der Waals surface area contributed by atoms with Gasteiger partial charge in [0.05, 0.1) is 51.2 Å². The predicted molar refractivity (Wildman–Crippen MR) is 412 cm³/mol. The Morgan fingerprint density at radius 1 is 0.649 bits per heavy atom. The molecule has 2 amide bonds. The first kappa shape index (κ1) is 94.1. The molecule has 2 aliphatic heterocycles. The minimum absolute atomic E-state index is 0.0753. The van der Waals surface area contributed by atoms with E-state index in [1.54, 1.807) is 55.5 Å². The second-order valence-corrected chi connectivity index (χ2v) is 24.9. The van der Waals surface area contributed by atoms with Crippen LogP contribution in [0.4, 0.5) is 11.4 Å². The standard InChI is InChI=1S/C15H20N4O2S.C10H9BrN2.C10H12N2O2.C10H10N2.C7H7NO.C5H12N2O2S.C2H3ClO.5C2H6.BHNS/c1-12(18-7-9-19(10-8-18)22(2,20)21)15-16-11-13-5-3-4-6-14(13)17-15;1-7(11)10-12-6-8-4-2-3-5-9(8)13-10;1-2-9(13)12-8-6-4-3-5-7(8)10(11)14;1-2-10-11-7-8-5-3-4-6-9(8)12-10;8-7-4-2-1-3-6(7)5-9;1-10(8,9)7-4-2-6-3-5-7;1-2(3)4;5*1-2;1-2-3/h3-6,11-12H,7-10H2,1-2H3;2-7H,1H3;3-6H,2H2,1H3,(H2,11,14)(H,12,13);3-7H,2H2,1H3;1-5H,8H2;6H,2-5H2,1H3;1H3;5*1-2H3;3H. The number of carbonyl (C=O) groups is 4. The molecular formula is C69H104BBrClN14O8S3. The van der Waals surface area contributed by atoms with E-state index in [9.17, 15) is 36.0 Å². The number of nitrogens with two attached hydrogens (primary N) is 2. The molecule has 0 spiro atoms. The van der Waals surface area contributed by atoms with E-state index >= 15 is 0 Å². The van der Waals surface area contributed by atoms with E-state index in [1.165, 1.54) is 28.0 Å². The number of aldehydes is 1. The van der Waals surface area contributed by atoms with Gasteiger partial charge in [-0.25, -0.2) is 46.7 Å². The van der Waals surface area contributed by atoms with Crippen LogP contribution in [-0.2, 0) is 36.1 Å². The molecule has 6 N–H and O–H groups in total. The zero-order valence-electron chi connectivity index (χ0n) is 59.6. The molecule has 8 aromatic rings. The van der Waals surface area contributed by atoms with Gasteiger partial charge in [0.1, 0.15) is 17.5 Å². The van der Waals surface area contributed by atoms with E-state index in [0.29, 0.717) is 68.2 Å². The quantitative estimate of drug-likeness (QED) is 0.0212. The number of rotatable bonds is 10. The molecular weight excluding hydrogens is 1380 g/mol. The Morgan fingerprint density at radius 3 is 1.42 bits per heavy atom. The van der Waals surface area contributed by atoms with Crippen LogP contribution in [0.2, 0.25) is 0 Å². The molecule has 2 unspecified atom stereocenters. The monoisotopic (exact) mass is 1480 g/mol. The van der Waals surface area contributed by atoms with Crippen LogP contribution < -0.4 is 22.1 Å². The van der Waals surface area contributed by atoms with Gasteiger partial charge in [0.2, 0.25) is 31.2 Å². The Bertz CT molecular complexity index is 3720. The molecule has 22 nitrogen and oxygen atoms in total. The van der Waals surface area contributed by atoms with Crippen LogP contribution in [0.1, 0.15) is 159 Å². The van der Waals surface area contributed by atoms with Crippen molar-refractivity contribution < 1.29 is 36.0 Å². The van der Waals surface area contributed by atoms with Crippen molar-refractivity contribution >= 4 is 135 Å². The van der Waals surface area contributed by atoms with Crippen LogP contribution in [0.3, 0.4) is 0 Å². The zero-order valence-corrected chi connectivity index (χ0v) is 64.4. The number of nitrogen functional groups attached to an aromatic ring is 1. The fraction of sp³-hybridized carbons (Fsp3) is 0.420. The van der Waals surface area contributed by atoms with Crippen molar-refractivity contribution in [1.82, 2.24) is 48.7 Å². The van der Waals surface area contributed by atoms with Gasteiger partial charge in [-0.2, -0.15) is 8.61 Å². The van der Waals surface area contributed by atoms with Gasteiger partial charge >= 0.3 is 24.8 Å². The van der Waals surface area contributed by atoms with Crippen molar-refractivity contribution in [3.05, 3.63) is 169 Å². The number of nitrogens with one attached hydrogen (secondary N) is 2. The van der Waals surface area contributed by atoms with Crippen LogP contribution in [0.25, 0.3) is 32.7 Å². The van der Waals surface area contributed by atoms with Gasteiger partial charge in [0, 0.05) is 118 Å². The van der Waals surface area contributed by atoms with Gasteiger partial charge in [-0.1, -0.05) is 178 Å². The Morgan fingerprint density at radius 2 is 1.03 bits per heavy atom. The molecule has 0 bridgehead atoms. The van der Waals surface area contributed by atoms with Crippen molar-refractivity contribution in [2.24, 2.45) is 10.0 Å². The summed E-state index contributed by atoms with van der Waals surface area (Å²) in [7, 11) is -1.69. The van der Waals surface area contributed by atoms with Crippen LogP contribution >= 0.6 is 40.3 Å². The molecule has 3 aromatic heterocycles. The SMILES string of the molecule is CC.CC.CC.CC.CC.CC(=O)Cl.CC(Br)c1ncc2ccccc2n1.CC(c1ncc2ccccc2n1)N1CCN(S(C)(=O)=O)CC1.CCC(=O)Nc1ccccc1C(N)=O.CCc1ncc2ccccc2n1.CS(=O)(=O)N1CCNCC1.Nc1ccccc1C=O.[B]=NS. The van der Waals surface area contributed by atoms with Crippen LogP contribution in [0, 0.1) is 0 Å². The van der Waals surface area contributed by atoms with E-state index in [-0.39, 0.29) is 22.0 Å². The normalized spacial score (nSPS) is 12.7. The third-order valence-electron chi connectivity index (χ3n) is 12.3. The first-order chi connectivity index (χ1) is 46.4. The number of primary amides is 1. The molecule has 0 aliphatic carbocycles. The summed E-state index contributed by atoms with van der Waals surface area (Å²) >= 11 is 11.3. The van der Waals surface area contributed by atoms with Gasteiger partial charge in [0.25, 0.3) is 5.91 Å². The average molecular weight is 1480 g/mol. The number of amides is 2. The number of hydrogen-bond acceptors (Lipinski definition) is 19. The third kappa shape index (κ3) is 39.2. The third-order valence-corrected chi connectivity index (χ3v) is 15.4. The predicted octanol–water partition coefficient (Wildman–Crippen LogP) is 13.7. The van der Waals surface area contributed by atoms with Crippen LogP contribution in [-0.4, -0.2) is 156 Å². The Balaban J connectivity index is -0.00000106. The summed E-state index contributed by atoms with van der Waals surface area (Å²) in [5.74, 6) is 1.84. The van der Waals surface area contributed by atoms with Crippen LogP contribution in [0.15, 0.2) is 144 Å². The van der Waals surface area contributed by atoms with Gasteiger partial charge in [-0.05, 0) is 67.9 Å². The second kappa shape index (κ2) is 55.9. The molecule has 0 saturated carbocycles. The number of sulfonamides is 2. The number of fused-ring (bicyclic) bond motifs is 3. The summed E-state index contributed by atoms with van der Waals surface area (Å²) in [5.41, 5.74) is 15.4. The molecule has 5 heterocycles. The van der Waals surface area contributed by atoms with Crippen LogP contribution in [0.5, 0.6) is 0 Å². The zero-order chi connectivity index (χ0) is 74.5. The summed E-state index contributed by atoms with van der Waals surface area (Å²) in [6, 6.07) is 37.6. The molecule has 2 saturated heterocycles. The molecule has 1 radical (unpaired) electrons. The second-order valence-electron chi connectivity index (χ2n) is 18.8. The summed E-state index contributed by atoms with van der Waals surface area (Å²) in [5, 5.41) is 8.54. The minimum atomic E-state index is -3.09. The van der Waals surface area contributed by atoms with Gasteiger partial charge in [-0.3, -0.25) is 24.1 Å². The van der Waals surface area contributed by atoms with Gasteiger partial charge < -0.3 is 22.1 Å². The summed E-state index contributed by atoms with van der Waals surface area (Å²) in [6.45, 7) is 34.4. The molecule has 2 fully saturated rings. The maximum absolute atomic E-state index is 11.6.